The molecule has 2 aromatic rings. The van der Waals surface area contributed by atoms with Crippen LogP contribution in [0.3, 0.4) is 0 Å². The molecule has 1 N–H and O–H groups in total. The summed E-state index contributed by atoms with van der Waals surface area (Å²) in [5.74, 6) is 2.65. The lowest BCUT2D eigenvalue weighted by molar-refractivity contribution is 0.00646. The lowest BCUT2D eigenvalue weighted by Crippen LogP contribution is -2.29. The highest BCUT2D eigenvalue weighted by molar-refractivity contribution is 7.52. The molecule has 0 amide bonds. The van der Waals surface area contributed by atoms with Crippen LogP contribution in [-0.4, -0.2) is 51.4 Å². The first-order chi connectivity index (χ1) is 14.0. The number of methoxy groups -OCH3 is 2. The summed E-state index contributed by atoms with van der Waals surface area (Å²) in [4.78, 5) is 9.75. The van der Waals surface area contributed by atoms with Crippen LogP contribution in [0, 0.1) is 0 Å². The van der Waals surface area contributed by atoms with E-state index < -0.39 is 20.0 Å². The molecule has 0 spiro atoms. The van der Waals surface area contributed by atoms with Gasteiger partial charge in [-0.05, 0) is 55.5 Å². The highest BCUT2D eigenvalue weighted by atomic mass is 31.2. The van der Waals surface area contributed by atoms with Crippen LogP contribution < -0.4 is 18.9 Å². The molecule has 0 saturated carbocycles. The Morgan fingerprint density at radius 1 is 0.828 bits per heavy atom. The Labute approximate surface area is 170 Å². The lowest BCUT2D eigenvalue weighted by atomic mass is 10.3. The van der Waals surface area contributed by atoms with Crippen molar-refractivity contribution >= 4 is 7.60 Å². The Balaban J connectivity index is 1.95. The molecule has 1 atom stereocenters. The summed E-state index contributed by atoms with van der Waals surface area (Å²) in [7, 11) is -0.655. The quantitative estimate of drug-likeness (QED) is 0.485. The second-order valence-electron chi connectivity index (χ2n) is 5.95. The van der Waals surface area contributed by atoms with Gasteiger partial charge in [0.2, 0.25) is 0 Å². The molecule has 29 heavy (non-hydrogen) atoms. The van der Waals surface area contributed by atoms with Crippen LogP contribution in [0.1, 0.15) is 6.92 Å². The average Bonchev–Trinajstić information content (AvgIpc) is 2.74. The summed E-state index contributed by atoms with van der Waals surface area (Å²) in [6, 6.07) is 14.1. The standard InChI is InChI=1S/C20H27O8P/c1-4-28-29(21,22)15-27-20(13-25-18-9-5-16(23-2)6-10-18)14-26-19-11-7-17(24-3)8-12-19/h5-12,20H,4,13-15H2,1-3H3,(H,21,22). The van der Waals surface area contributed by atoms with Gasteiger partial charge in [0, 0.05) is 0 Å². The molecule has 0 radical (unpaired) electrons. The second-order valence-corrected chi connectivity index (χ2v) is 7.74. The van der Waals surface area contributed by atoms with Crippen molar-refractivity contribution in [2.24, 2.45) is 0 Å². The molecular formula is C20H27O8P. The van der Waals surface area contributed by atoms with Gasteiger partial charge in [-0.3, -0.25) is 4.57 Å². The minimum atomic E-state index is -3.83. The summed E-state index contributed by atoms with van der Waals surface area (Å²) in [5.41, 5.74) is 0. The Kier molecular flexibility index (Phi) is 9.28. The highest BCUT2D eigenvalue weighted by Crippen LogP contribution is 2.41. The Bertz CT molecular complexity index is 712. The minimum absolute atomic E-state index is 0.118. The molecule has 0 fully saturated rings. The predicted octanol–water partition coefficient (Wildman–Crippen LogP) is 3.73. The van der Waals surface area contributed by atoms with E-state index in [0.29, 0.717) is 23.0 Å². The van der Waals surface area contributed by atoms with Crippen LogP contribution in [0.4, 0.5) is 0 Å². The Hall–Kier alpha value is -2.25. The molecule has 0 aromatic heterocycles. The summed E-state index contributed by atoms with van der Waals surface area (Å²) in [6.07, 6.45) is -1.05. The maximum atomic E-state index is 11.9. The van der Waals surface area contributed by atoms with Gasteiger partial charge in [0.15, 0.2) is 0 Å². The van der Waals surface area contributed by atoms with Crippen LogP contribution in [0.25, 0.3) is 0 Å². The second kappa shape index (κ2) is 11.7. The van der Waals surface area contributed by atoms with Crippen LogP contribution in [0.5, 0.6) is 23.0 Å². The predicted molar refractivity (Wildman–Crippen MR) is 108 cm³/mol. The van der Waals surface area contributed by atoms with Crippen LogP contribution in [-0.2, 0) is 13.8 Å². The normalized spacial score (nSPS) is 13.0. The zero-order valence-electron chi connectivity index (χ0n) is 16.8. The third kappa shape index (κ3) is 8.33. The van der Waals surface area contributed by atoms with Crippen molar-refractivity contribution in [1.82, 2.24) is 0 Å². The molecule has 8 nitrogen and oxygen atoms in total. The first-order valence-corrected chi connectivity index (χ1v) is 10.8. The maximum absolute atomic E-state index is 11.9. The average molecular weight is 426 g/mol. The summed E-state index contributed by atoms with van der Waals surface area (Å²) >= 11 is 0. The number of rotatable bonds is 13. The van der Waals surface area contributed by atoms with Gasteiger partial charge >= 0.3 is 7.60 Å². The van der Waals surface area contributed by atoms with Crippen LogP contribution in [0.15, 0.2) is 48.5 Å². The third-order valence-electron chi connectivity index (χ3n) is 3.79. The number of hydrogen-bond donors (Lipinski definition) is 1. The van der Waals surface area contributed by atoms with E-state index >= 15 is 0 Å². The molecule has 9 heteroatoms. The fourth-order valence-corrected chi connectivity index (χ4v) is 3.18. The summed E-state index contributed by atoms with van der Waals surface area (Å²) in [5, 5.41) is 0. The van der Waals surface area contributed by atoms with Gasteiger partial charge in [-0.15, -0.1) is 0 Å². The van der Waals surface area contributed by atoms with Crippen molar-refractivity contribution in [3.63, 3.8) is 0 Å². The minimum Gasteiger partial charge on any atom is -0.497 e. The molecule has 2 rings (SSSR count). The third-order valence-corrected chi connectivity index (χ3v) is 4.93. The molecule has 2 aromatic carbocycles. The monoisotopic (exact) mass is 426 g/mol. The van der Waals surface area contributed by atoms with E-state index in [1.807, 2.05) is 0 Å². The van der Waals surface area contributed by atoms with E-state index in [9.17, 15) is 9.46 Å². The van der Waals surface area contributed by atoms with Crippen LogP contribution in [0.2, 0.25) is 0 Å². The van der Waals surface area contributed by atoms with Gasteiger partial charge in [0.05, 0.1) is 20.8 Å². The smallest absolute Gasteiger partial charge is 0.353 e. The van der Waals surface area contributed by atoms with Crippen molar-refractivity contribution < 1.29 is 37.7 Å². The number of hydrogen-bond acceptors (Lipinski definition) is 7. The SMILES string of the molecule is CCOP(=O)(O)COC(COc1ccc(OC)cc1)COc1ccc(OC)cc1. The first kappa shape index (κ1) is 23.0. The molecule has 0 aliphatic rings. The van der Waals surface area contributed by atoms with E-state index in [1.165, 1.54) is 0 Å². The molecule has 0 aliphatic heterocycles. The Morgan fingerprint density at radius 3 is 1.62 bits per heavy atom. The number of benzene rings is 2. The lowest BCUT2D eigenvalue weighted by Gasteiger charge is -2.21. The Morgan fingerprint density at radius 2 is 1.24 bits per heavy atom. The van der Waals surface area contributed by atoms with Gasteiger partial charge in [0.25, 0.3) is 0 Å². The van der Waals surface area contributed by atoms with E-state index in [1.54, 1.807) is 69.7 Å². The fraction of sp³-hybridized carbons (Fsp3) is 0.400. The van der Waals surface area contributed by atoms with Gasteiger partial charge in [-0.1, -0.05) is 0 Å². The summed E-state index contributed by atoms with van der Waals surface area (Å²) in [6.45, 7) is 2.00. The number of ether oxygens (including phenoxy) is 5. The van der Waals surface area contributed by atoms with E-state index in [-0.39, 0.29) is 19.8 Å². The first-order valence-electron chi connectivity index (χ1n) is 9.07. The van der Waals surface area contributed by atoms with E-state index in [4.69, 9.17) is 28.2 Å². The molecular weight excluding hydrogens is 399 g/mol. The topological polar surface area (TPSA) is 92.7 Å². The zero-order chi connectivity index (χ0) is 21.1. The fourth-order valence-electron chi connectivity index (χ4n) is 2.31. The molecule has 0 heterocycles. The molecule has 0 bridgehead atoms. The largest absolute Gasteiger partial charge is 0.497 e. The highest BCUT2D eigenvalue weighted by Gasteiger charge is 2.23. The van der Waals surface area contributed by atoms with E-state index in [2.05, 4.69) is 0 Å². The van der Waals surface area contributed by atoms with Gasteiger partial charge in [0.1, 0.15) is 48.7 Å². The van der Waals surface area contributed by atoms with Crippen molar-refractivity contribution in [1.29, 1.82) is 0 Å². The van der Waals surface area contributed by atoms with Gasteiger partial charge < -0.3 is 33.1 Å². The van der Waals surface area contributed by atoms with Crippen molar-refractivity contribution in [3.05, 3.63) is 48.5 Å². The molecule has 0 saturated heterocycles. The van der Waals surface area contributed by atoms with E-state index in [0.717, 1.165) is 0 Å². The molecule has 1 unspecified atom stereocenters. The van der Waals surface area contributed by atoms with Gasteiger partial charge in [-0.2, -0.15) is 0 Å². The van der Waals surface area contributed by atoms with Crippen LogP contribution >= 0.6 is 7.60 Å². The van der Waals surface area contributed by atoms with Crippen molar-refractivity contribution in [2.75, 3.05) is 40.4 Å². The molecule has 0 aliphatic carbocycles. The maximum Gasteiger partial charge on any atom is 0.353 e. The molecule has 160 valence electrons. The van der Waals surface area contributed by atoms with Gasteiger partial charge in [-0.25, -0.2) is 0 Å². The summed E-state index contributed by atoms with van der Waals surface area (Å²) < 4.78 is 44.0. The van der Waals surface area contributed by atoms with Crippen molar-refractivity contribution in [3.8, 4) is 23.0 Å². The van der Waals surface area contributed by atoms with Crippen molar-refractivity contribution in [2.45, 2.75) is 13.0 Å². The zero-order valence-corrected chi connectivity index (χ0v) is 17.7.